The number of pyridine rings is 1. The second-order valence-electron chi connectivity index (χ2n) is 5.99. The molecule has 0 radical (unpaired) electrons. The van der Waals surface area contributed by atoms with Crippen LogP contribution in [0.4, 0.5) is 5.69 Å². The van der Waals surface area contributed by atoms with Crippen LogP contribution in [-0.2, 0) is 0 Å². The van der Waals surface area contributed by atoms with Crippen molar-refractivity contribution in [2.24, 2.45) is 5.92 Å². The normalized spacial score (nSPS) is 29.9. The molecule has 0 aromatic carbocycles. The van der Waals surface area contributed by atoms with Crippen molar-refractivity contribution in [1.29, 1.82) is 0 Å². The summed E-state index contributed by atoms with van der Waals surface area (Å²) in [4.78, 5) is 18.4. The van der Waals surface area contributed by atoms with Crippen LogP contribution in [0.3, 0.4) is 0 Å². The number of carbonyl (C=O) groups is 1. The van der Waals surface area contributed by atoms with Gasteiger partial charge in [0.15, 0.2) is 5.69 Å². The summed E-state index contributed by atoms with van der Waals surface area (Å²) in [6.07, 6.45) is 6.35. The van der Waals surface area contributed by atoms with E-state index in [2.05, 4.69) is 4.98 Å². The molecule has 2 atom stereocenters. The number of nitrogens with zero attached hydrogens (tertiary/aromatic N) is 2. The van der Waals surface area contributed by atoms with Crippen molar-refractivity contribution in [3.63, 3.8) is 0 Å². The SMILES string of the molecule is Nc1cccnc1C(=O)N1CCC2(O)CCCCC2C1. The van der Waals surface area contributed by atoms with Crippen LogP contribution < -0.4 is 5.73 Å². The quantitative estimate of drug-likeness (QED) is 0.812. The van der Waals surface area contributed by atoms with Gasteiger partial charge in [-0.2, -0.15) is 0 Å². The zero-order chi connectivity index (χ0) is 14.2. The van der Waals surface area contributed by atoms with Gasteiger partial charge in [0, 0.05) is 25.2 Å². The Bertz CT molecular complexity index is 520. The molecule has 3 rings (SSSR count). The fraction of sp³-hybridized carbons (Fsp3) is 0.600. The lowest BCUT2D eigenvalue weighted by molar-refractivity contribution is -0.0886. The molecule has 2 fully saturated rings. The van der Waals surface area contributed by atoms with E-state index in [1.54, 1.807) is 23.2 Å². The van der Waals surface area contributed by atoms with Crippen molar-refractivity contribution >= 4 is 11.6 Å². The largest absolute Gasteiger partial charge is 0.397 e. The molecule has 2 aliphatic rings. The standard InChI is InChI=1S/C15H21N3O2/c16-12-5-3-8-17-13(12)14(19)18-9-7-15(20)6-2-1-4-11(15)10-18/h3,5,8,11,20H,1-2,4,6-7,9-10,16H2. The van der Waals surface area contributed by atoms with E-state index in [1.165, 1.54) is 0 Å². The Morgan fingerprint density at radius 1 is 1.45 bits per heavy atom. The third-order valence-electron chi connectivity index (χ3n) is 4.76. The summed E-state index contributed by atoms with van der Waals surface area (Å²) < 4.78 is 0. The Hall–Kier alpha value is -1.62. The van der Waals surface area contributed by atoms with Crippen LogP contribution in [0.25, 0.3) is 0 Å². The minimum Gasteiger partial charge on any atom is -0.397 e. The molecule has 5 heteroatoms. The first-order valence-electron chi connectivity index (χ1n) is 7.32. The second-order valence-corrected chi connectivity index (χ2v) is 5.99. The molecule has 1 amide bonds. The first kappa shape index (κ1) is 13.4. The average molecular weight is 275 g/mol. The van der Waals surface area contributed by atoms with Crippen LogP contribution in [0.15, 0.2) is 18.3 Å². The summed E-state index contributed by atoms with van der Waals surface area (Å²) in [6.45, 7) is 1.20. The summed E-state index contributed by atoms with van der Waals surface area (Å²) in [6, 6.07) is 3.42. The Labute approximate surface area is 118 Å². The fourth-order valence-electron chi connectivity index (χ4n) is 3.50. The molecule has 1 aliphatic heterocycles. The van der Waals surface area contributed by atoms with Crippen LogP contribution in [-0.4, -0.2) is 39.6 Å². The molecule has 2 unspecified atom stereocenters. The summed E-state index contributed by atoms with van der Waals surface area (Å²) in [7, 11) is 0. The number of anilines is 1. The van der Waals surface area contributed by atoms with Gasteiger partial charge in [-0.15, -0.1) is 0 Å². The van der Waals surface area contributed by atoms with Crippen molar-refractivity contribution in [1.82, 2.24) is 9.88 Å². The van der Waals surface area contributed by atoms with Gasteiger partial charge in [-0.1, -0.05) is 12.8 Å². The molecule has 1 saturated carbocycles. The minimum absolute atomic E-state index is 0.115. The van der Waals surface area contributed by atoms with Crippen molar-refractivity contribution in [3.05, 3.63) is 24.0 Å². The molecule has 1 saturated heterocycles. The number of fused-ring (bicyclic) bond motifs is 1. The zero-order valence-electron chi connectivity index (χ0n) is 11.6. The highest BCUT2D eigenvalue weighted by Crippen LogP contribution is 2.40. The highest BCUT2D eigenvalue weighted by atomic mass is 16.3. The molecule has 20 heavy (non-hydrogen) atoms. The van der Waals surface area contributed by atoms with Crippen LogP contribution in [0.5, 0.6) is 0 Å². The molecule has 1 aromatic rings. The van der Waals surface area contributed by atoms with Gasteiger partial charge >= 0.3 is 0 Å². The molecule has 3 N–H and O–H groups in total. The topological polar surface area (TPSA) is 79.5 Å². The number of amides is 1. The van der Waals surface area contributed by atoms with Gasteiger partial charge in [-0.05, 0) is 31.4 Å². The third kappa shape index (κ3) is 2.26. The molecule has 2 heterocycles. The van der Waals surface area contributed by atoms with E-state index >= 15 is 0 Å². The number of piperidine rings is 1. The van der Waals surface area contributed by atoms with E-state index in [0.29, 0.717) is 30.9 Å². The van der Waals surface area contributed by atoms with Crippen LogP contribution in [0, 0.1) is 5.92 Å². The van der Waals surface area contributed by atoms with E-state index in [0.717, 1.165) is 25.7 Å². The van der Waals surface area contributed by atoms with E-state index in [1.807, 2.05) is 0 Å². The zero-order valence-corrected chi connectivity index (χ0v) is 11.6. The maximum absolute atomic E-state index is 12.5. The molecule has 1 aliphatic carbocycles. The molecule has 0 spiro atoms. The van der Waals surface area contributed by atoms with Gasteiger partial charge in [0.05, 0.1) is 11.3 Å². The van der Waals surface area contributed by atoms with Gasteiger partial charge in [0.1, 0.15) is 0 Å². The Morgan fingerprint density at radius 2 is 2.30 bits per heavy atom. The Balaban J connectivity index is 1.76. The lowest BCUT2D eigenvalue weighted by atomic mass is 9.71. The molecule has 5 nitrogen and oxygen atoms in total. The predicted molar refractivity (Wildman–Crippen MR) is 76.1 cm³/mol. The Morgan fingerprint density at radius 3 is 3.10 bits per heavy atom. The molecule has 1 aromatic heterocycles. The van der Waals surface area contributed by atoms with Crippen LogP contribution >= 0.6 is 0 Å². The smallest absolute Gasteiger partial charge is 0.274 e. The molecular formula is C15H21N3O2. The van der Waals surface area contributed by atoms with Gasteiger partial charge in [0.2, 0.25) is 0 Å². The van der Waals surface area contributed by atoms with E-state index in [-0.39, 0.29) is 11.8 Å². The number of aliphatic hydroxyl groups is 1. The molecule has 108 valence electrons. The number of carbonyl (C=O) groups excluding carboxylic acids is 1. The fourth-order valence-corrected chi connectivity index (χ4v) is 3.50. The summed E-state index contributed by atoms with van der Waals surface area (Å²) in [5, 5.41) is 10.6. The Kier molecular flexibility index (Phi) is 3.38. The number of nitrogen functional groups attached to an aromatic ring is 1. The maximum Gasteiger partial charge on any atom is 0.274 e. The number of rotatable bonds is 1. The van der Waals surface area contributed by atoms with Crippen LogP contribution in [0.1, 0.15) is 42.6 Å². The van der Waals surface area contributed by atoms with Crippen molar-refractivity contribution < 1.29 is 9.90 Å². The van der Waals surface area contributed by atoms with Gasteiger partial charge in [-0.3, -0.25) is 4.79 Å². The maximum atomic E-state index is 12.5. The predicted octanol–water partition coefficient (Wildman–Crippen LogP) is 1.43. The lowest BCUT2D eigenvalue weighted by Gasteiger charge is -2.47. The number of hydrogen-bond donors (Lipinski definition) is 2. The van der Waals surface area contributed by atoms with Gasteiger partial charge in [0.25, 0.3) is 5.91 Å². The highest BCUT2D eigenvalue weighted by Gasteiger charge is 2.44. The molecular weight excluding hydrogens is 254 g/mol. The van der Waals surface area contributed by atoms with Crippen molar-refractivity contribution in [2.75, 3.05) is 18.8 Å². The van der Waals surface area contributed by atoms with E-state index in [9.17, 15) is 9.90 Å². The number of nitrogens with two attached hydrogens (primary N) is 1. The summed E-state index contributed by atoms with van der Waals surface area (Å²) in [5.74, 6) is 0.0783. The molecule has 0 bridgehead atoms. The average Bonchev–Trinajstić information content (AvgIpc) is 2.46. The summed E-state index contributed by atoms with van der Waals surface area (Å²) >= 11 is 0. The van der Waals surface area contributed by atoms with E-state index < -0.39 is 5.60 Å². The van der Waals surface area contributed by atoms with Crippen LogP contribution in [0.2, 0.25) is 0 Å². The highest BCUT2D eigenvalue weighted by molar-refractivity contribution is 5.97. The van der Waals surface area contributed by atoms with Gasteiger partial charge in [-0.25, -0.2) is 4.98 Å². The lowest BCUT2D eigenvalue weighted by Crippen LogP contribution is -2.54. The first-order valence-corrected chi connectivity index (χ1v) is 7.32. The van der Waals surface area contributed by atoms with E-state index in [4.69, 9.17) is 5.73 Å². The minimum atomic E-state index is -0.565. The van der Waals surface area contributed by atoms with Crippen molar-refractivity contribution in [3.8, 4) is 0 Å². The third-order valence-corrected chi connectivity index (χ3v) is 4.76. The number of likely N-dealkylation sites (tertiary alicyclic amines) is 1. The monoisotopic (exact) mass is 275 g/mol. The number of aromatic nitrogens is 1. The van der Waals surface area contributed by atoms with Crippen molar-refractivity contribution in [2.45, 2.75) is 37.7 Å². The second kappa shape index (κ2) is 5.05. The summed E-state index contributed by atoms with van der Waals surface area (Å²) in [5.41, 5.74) is 6.01. The van der Waals surface area contributed by atoms with Gasteiger partial charge < -0.3 is 15.7 Å². The number of hydrogen-bond acceptors (Lipinski definition) is 4. The first-order chi connectivity index (χ1) is 9.60.